The Hall–Kier alpha value is -1.06. The SMILES string of the molecule is CCN(CC)c1ccc(CNCCCC(C)CO)cc1. The monoisotopic (exact) mass is 278 g/mol. The molecule has 0 amide bonds. The number of aliphatic hydroxyl groups is 1. The molecule has 0 heterocycles. The number of nitrogens with one attached hydrogen (secondary N) is 1. The lowest BCUT2D eigenvalue weighted by Crippen LogP contribution is -2.21. The molecule has 1 rings (SSSR count). The molecule has 20 heavy (non-hydrogen) atoms. The van der Waals surface area contributed by atoms with Gasteiger partial charge in [0.2, 0.25) is 0 Å². The molecule has 2 N–H and O–H groups in total. The molecule has 0 bridgehead atoms. The third-order valence-electron chi connectivity index (χ3n) is 3.76. The lowest BCUT2D eigenvalue weighted by Gasteiger charge is -2.21. The van der Waals surface area contributed by atoms with Gasteiger partial charge < -0.3 is 15.3 Å². The fourth-order valence-electron chi connectivity index (χ4n) is 2.31. The normalized spacial score (nSPS) is 12.4. The van der Waals surface area contributed by atoms with E-state index in [1.807, 2.05) is 0 Å². The van der Waals surface area contributed by atoms with Crippen molar-refractivity contribution in [2.45, 2.75) is 40.2 Å². The molecule has 0 aliphatic heterocycles. The van der Waals surface area contributed by atoms with Crippen molar-refractivity contribution in [3.05, 3.63) is 29.8 Å². The average Bonchev–Trinajstić information content (AvgIpc) is 2.49. The first-order chi connectivity index (χ1) is 9.71. The molecular weight excluding hydrogens is 248 g/mol. The molecule has 0 spiro atoms. The molecule has 1 aromatic carbocycles. The van der Waals surface area contributed by atoms with E-state index in [9.17, 15) is 0 Å². The third kappa shape index (κ3) is 5.93. The molecule has 0 radical (unpaired) electrons. The number of benzene rings is 1. The van der Waals surface area contributed by atoms with Gasteiger partial charge in [-0.2, -0.15) is 0 Å². The zero-order valence-corrected chi connectivity index (χ0v) is 13.2. The van der Waals surface area contributed by atoms with Gasteiger partial charge in [-0.1, -0.05) is 19.1 Å². The summed E-state index contributed by atoms with van der Waals surface area (Å²) in [5.41, 5.74) is 2.63. The molecular formula is C17H30N2O. The third-order valence-corrected chi connectivity index (χ3v) is 3.76. The molecule has 3 nitrogen and oxygen atoms in total. The maximum atomic E-state index is 8.96. The molecule has 1 unspecified atom stereocenters. The van der Waals surface area contributed by atoms with Gasteiger partial charge in [0, 0.05) is 31.9 Å². The Morgan fingerprint density at radius 1 is 1.15 bits per heavy atom. The molecule has 0 fully saturated rings. The fourth-order valence-corrected chi connectivity index (χ4v) is 2.31. The largest absolute Gasteiger partial charge is 0.396 e. The van der Waals surface area contributed by atoms with Crippen LogP contribution in [0.3, 0.4) is 0 Å². The molecule has 0 saturated heterocycles. The van der Waals surface area contributed by atoms with Crippen LogP contribution < -0.4 is 10.2 Å². The summed E-state index contributed by atoms with van der Waals surface area (Å²) in [6.07, 6.45) is 2.21. The van der Waals surface area contributed by atoms with Crippen molar-refractivity contribution in [3.63, 3.8) is 0 Å². The molecule has 0 aromatic heterocycles. The van der Waals surface area contributed by atoms with Gasteiger partial charge in [0.15, 0.2) is 0 Å². The highest BCUT2D eigenvalue weighted by Gasteiger charge is 2.02. The van der Waals surface area contributed by atoms with Crippen molar-refractivity contribution in [2.24, 2.45) is 5.92 Å². The number of hydrogen-bond donors (Lipinski definition) is 2. The van der Waals surface area contributed by atoms with Gasteiger partial charge in [-0.25, -0.2) is 0 Å². The van der Waals surface area contributed by atoms with Gasteiger partial charge in [-0.05, 0) is 56.8 Å². The topological polar surface area (TPSA) is 35.5 Å². The minimum Gasteiger partial charge on any atom is -0.396 e. The molecule has 1 aromatic rings. The second kappa shape index (κ2) is 9.78. The number of rotatable bonds is 10. The van der Waals surface area contributed by atoms with E-state index in [2.05, 4.69) is 55.3 Å². The summed E-state index contributed by atoms with van der Waals surface area (Å²) in [6, 6.07) is 8.82. The second-order valence-electron chi connectivity index (χ2n) is 5.45. The van der Waals surface area contributed by atoms with Crippen molar-refractivity contribution in [2.75, 3.05) is 31.1 Å². The quantitative estimate of drug-likeness (QED) is 0.646. The van der Waals surface area contributed by atoms with Crippen LogP contribution in [0.4, 0.5) is 5.69 Å². The number of aliphatic hydroxyl groups excluding tert-OH is 1. The fraction of sp³-hybridized carbons (Fsp3) is 0.647. The van der Waals surface area contributed by atoms with Gasteiger partial charge in [-0.15, -0.1) is 0 Å². The van der Waals surface area contributed by atoms with Gasteiger partial charge >= 0.3 is 0 Å². The first-order valence-electron chi connectivity index (χ1n) is 7.86. The molecule has 3 heteroatoms. The van der Waals surface area contributed by atoms with E-state index in [0.29, 0.717) is 12.5 Å². The van der Waals surface area contributed by atoms with E-state index in [0.717, 1.165) is 39.0 Å². The Bertz CT molecular complexity index is 347. The minimum atomic E-state index is 0.298. The Morgan fingerprint density at radius 2 is 1.80 bits per heavy atom. The van der Waals surface area contributed by atoms with E-state index in [1.165, 1.54) is 11.3 Å². The average molecular weight is 278 g/mol. The summed E-state index contributed by atoms with van der Waals surface area (Å²) < 4.78 is 0. The zero-order valence-electron chi connectivity index (χ0n) is 13.2. The summed E-state index contributed by atoms with van der Waals surface area (Å²) in [5, 5.41) is 12.4. The van der Waals surface area contributed by atoms with Crippen LogP contribution in [0.25, 0.3) is 0 Å². The van der Waals surface area contributed by atoms with E-state index in [-0.39, 0.29) is 0 Å². The highest BCUT2D eigenvalue weighted by Crippen LogP contribution is 2.14. The van der Waals surface area contributed by atoms with Crippen LogP contribution in [-0.2, 0) is 6.54 Å². The number of nitrogens with zero attached hydrogens (tertiary/aromatic N) is 1. The maximum Gasteiger partial charge on any atom is 0.0456 e. The summed E-state index contributed by atoms with van der Waals surface area (Å²) in [7, 11) is 0. The molecule has 114 valence electrons. The van der Waals surface area contributed by atoms with Crippen LogP contribution in [0, 0.1) is 5.92 Å². The standard InChI is InChI=1S/C17H30N2O/c1-4-19(5-2)17-10-8-16(9-11-17)13-18-12-6-7-15(3)14-20/h8-11,15,18,20H,4-7,12-14H2,1-3H3. The van der Waals surface area contributed by atoms with Crippen LogP contribution >= 0.6 is 0 Å². The number of hydrogen-bond acceptors (Lipinski definition) is 3. The van der Waals surface area contributed by atoms with Gasteiger partial charge in [0.1, 0.15) is 0 Å². The molecule has 0 saturated carbocycles. The highest BCUT2D eigenvalue weighted by molar-refractivity contribution is 5.47. The van der Waals surface area contributed by atoms with Gasteiger partial charge in [0.25, 0.3) is 0 Å². The predicted molar refractivity (Wildman–Crippen MR) is 87.2 cm³/mol. The Balaban J connectivity index is 2.28. The summed E-state index contributed by atoms with van der Waals surface area (Å²) in [5.74, 6) is 0.421. The van der Waals surface area contributed by atoms with Crippen molar-refractivity contribution in [3.8, 4) is 0 Å². The Kier molecular flexibility index (Phi) is 8.31. The molecule has 0 aliphatic carbocycles. The predicted octanol–water partition coefficient (Wildman–Crippen LogP) is 3.03. The Morgan fingerprint density at radius 3 is 2.35 bits per heavy atom. The van der Waals surface area contributed by atoms with Crippen LogP contribution in [0.5, 0.6) is 0 Å². The van der Waals surface area contributed by atoms with Gasteiger partial charge in [-0.3, -0.25) is 0 Å². The maximum absolute atomic E-state index is 8.96. The second-order valence-corrected chi connectivity index (χ2v) is 5.45. The van der Waals surface area contributed by atoms with E-state index in [1.54, 1.807) is 0 Å². The summed E-state index contributed by atoms with van der Waals surface area (Å²) >= 11 is 0. The van der Waals surface area contributed by atoms with Crippen molar-refractivity contribution >= 4 is 5.69 Å². The first kappa shape index (κ1) is 17.0. The van der Waals surface area contributed by atoms with Crippen molar-refractivity contribution in [1.29, 1.82) is 0 Å². The first-order valence-corrected chi connectivity index (χ1v) is 7.86. The lowest BCUT2D eigenvalue weighted by atomic mass is 10.1. The van der Waals surface area contributed by atoms with Crippen molar-refractivity contribution < 1.29 is 5.11 Å². The number of anilines is 1. The minimum absolute atomic E-state index is 0.298. The smallest absolute Gasteiger partial charge is 0.0456 e. The molecule has 0 aliphatic rings. The van der Waals surface area contributed by atoms with Gasteiger partial charge in [0.05, 0.1) is 0 Å². The van der Waals surface area contributed by atoms with E-state index < -0.39 is 0 Å². The van der Waals surface area contributed by atoms with E-state index >= 15 is 0 Å². The van der Waals surface area contributed by atoms with Crippen LogP contribution in [-0.4, -0.2) is 31.3 Å². The van der Waals surface area contributed by atoms with Crippen LogP contribution in [0.2, 0.25) is 0 Å². The van der Waals surface area contributed by atoms with Crippen molar-refractivity contribution in [1.82, 2.24) is 5.32 Å². The summed E-state index contributed by atoms with van der Waals surface area (Å²) in [6.45, 7) is 10.8. The van der Waals surface area contributed by atoms with Crippen LogP contribution in [0.15, 0.2) is 24.3 Å². The Labute approximate surface area is 124 Å². The zero-order chi connectivity index (χ0) is 14.8. The highest BCUT2D eigenvalue weighted by atomic mass is 16.3. The van der Waals surface area contributed by atoms with Crippen LogP contribution in [0.1, 0.15) is 39.2 Å². The summed E-state index contributed by atoms with van der Waals surface area (Å²) in [4.78, 5) is 2.35. The lowest BCUT2D eigenvalue weighted by molar-refractivity contribution is 0.228. The molecule has 1 atom stereocenters. The van der Waals surface area contributed by atoms with E-state index in [4.69, 9.17) is 5.11 Å².